The third-order valence-electron chi connectivity index (χ3n) is 2.64. The molecule has 1 heterocycles. The summed E-state index contributed by atoms with van der Waals surface area (Å²) in [7, 11) is 1.73. The first-order chi connectivity index (χ1) is 6.72. The summed E-state index contributed by atoms with van der Waals surface area (Å²) in [6.07, 6.45) is 3.54. The number of nitrogens with zero attached hydrogens (tertiary/aromatic N) is 3. The van der Waals surface area contributed by atoms with Crippen LogP contribution >= 0.6 is 15.9 Å². The van der Waals surface area contributed by atoms with Crippen LogP contribution in [-0.2, 0) is 4.74 Å². The van der Waals surface area contributed by atoms with E-state index in [0.29, 0.717) is 10.7 Å². The Hall–Kier alpha value is -0.620. The fourth-order valence-electron chi connectivity index (χ4n) is 1.99. The Labute approximate surface area is 90.8 Å². The molecule has 2 atom stereocenters. The third-order valence-corrected chi connectivity index (χ3v) is 3.18. The number of halogens is 1. The van der Waals surface area contributed by atoms with E-state index in [0.717, 1.165) is 19.3 Å². The molecule has 0 aromatic carbocycles. The molecule has 1 fully saturated rings. The van der Waals surface area contributed by atoms with Crippen LogP contribution in [0.25, 0.3) is 0 Å². The quantitative estimate of drug-likeness (QED) is 0.872. The first-order valence-electron chi connectivity index (χ1n) is 4.62. The molecule has 14 heavy (non-hydrogen) atoms. The molecule has 1 aromatic rings. The van der Waals surface area contributed by atoms with Crippen LogP contribution in [0.1, 0.15) is 25.3 Å². The van der Waals surface area contributed by atoms with Gasteiger partial charge in [0, 0.05) is 7.11 Å². The van der Waals surface area contributed by atoms with Gasteiger partial charge >= 0.3 is 0 Å². The third kappa shape index (κ3) is 1.64. The molecule has 2 rings (SSSR count). The van der Waals surface area contributed by atoms with Crippen LogP contribution in [0.15, 0.2) is 4.73 Å². The molecule has 2 N–H and O–H groups in total. The van der Waals surface area contributed by atoms with Crippen molar-refractivity contribution >= 4 is 21.9 Å². The van der Waals surface area contributed by atoms with Crippen molar-refractivity contribution in [2.75, 3.05) is 12.8 Å². The van der Waals surface area contributed by atoms with E-state index in [1.165, 1.54) is 0 Å². The van der Waals surface area contributed by atoms with Crippen molar-refractivity contribution in [1.82, 2.24) is 14.8 Å². The zero-order chi connectivity index (χ0) is 10.1. The van der Waals surface area contributed by atoms with Gasteiger partial charge in [0.1, 0.15) is 0 Å². The van der Waals surface area contributed by atoms with Crippen LogP contribution in [0.4, 0.5) is 5.95 Å². The van der Waals surface area contributed by atoms with E-state index < -0.39 is 0 Å². The zero-order valence-electron chi connectivity index (χ0n) is 7.98. The van der Waals surface area contributed by atoms with Crippen LogP contribution in [0.5, 0.6) is 0 Å². The zero-order valence-corrected chi connectivity index (χ0v) is 9.57. The largest absolute Gasteiger partial charge is 0.379 e. The highest BCUT2D eigenvalue weighted by molar-refractivity contribution is 9.10. The van der Waals surface area contributed by atoms with E-state index in [2.05, 4.69) is 26.0 Å². The molecule has 6 heteroatoms. The lowest BCUT2D eigenvalue weighted by atomic mass is 10.2. The number of hydrogen-bond donors (Lipinski definition) is 1. The molecule has 1 aliphatic rings. The molecule has 1 aliphatic carbocycles. The molecule has 0 amide bonds. The molecule has 0 aliphatic heterocycles. The van der Waals surface area contributed by atoms with Gasteiger partial charge in [-0.1, -0.05) is 0 Å². The fourth-order valence-corrected chi connectivity index (χ4v) is 2.52. The van der Waals surface area contributed by atoms with E-state index in [-0.39, 0.29) is 12.1 Å². The Bertz CT molecular complexity index is 327. The average molecular weight is 261 g/mol. The highest BCUT2D eigenvalue weighted by atomic mass is 79.9. The van der Waals surface area contributed by atoms with Crippen molar-refractivity contribution in [1.29, 1.82) is 0 Å². The average Bonchev–Trinajstić information content (AvgIpc) is 2.71. The maximum Gasteiger partial charge on any atom is 0.240 e. The Morgan fingerprint density at radius 1 is 1.57 bits per heavy atom. The van der Waals surface area contributed by atoms with Gasteiger partial charge in [-0.2, -0.15) is 4.98 Å². The van der Waals surface area contributed by atoms with Gasteiger partial charge in [0.25, 0.3) is 0 Å². The lowest BCUT2D eigenvalue weighted by molar-refractivity contribution is 0.0700. The molecule has 0 bridgehead atoms. The lowest BCUT2D eigenvalue weighted by Crippen LogP contribution is -2.21. The molecular weight excluding hydrogens is 248 g/mol. The van der Waals surface area contributed by atoms with Gasteiger partial charge in [-0.25, -0.2) is 4.68 Å². The van der Waals surface area contributed by atoms with E-state index in [9.17, 15) is 0 Å². The Morgan fingerprint density at radius 2 is 2.36 bits per heavy atom. The van der Waals surface area contributed by atoms with Gasteiger partial charge < -0.3 is 10.5 Å². The minimum absolute atomic E-state index is 0.229. The molecule has 0 spiro atoms. The topological polar surface area (TPSA) is 66.0 Å². The first-order valence-corrected chi connectivity index (χ1v) is 5.42. The summed E-state index contributed by atoms with van der Waals surface area (Å²) in [4.78, 5) is 4.02. The van der Waals surface area contributed by atoms with Gasteiger partial charge in [0.15, 0.2) is 4.73 Å². The molecule has 0 radical (unpaired) electrons. The van der Waals surface area contributed by atoms with Crippen molar-refractivity contribution in [3.05, 3.63) is 4.73 Å². The van der Waals surface area contributed by atoms with Gasteiger partial charge in [0.05, 0.1) is 12.1 Å². The van der Waals surface area contributed by atoms with E-state index >= 15 is 0 Å². The van der Waals surface area contributed by atoms with Gasteiger partial charge in [-0.15, -0.1) is 5.10 Å². The second-order valence-electron chi connectivity index (χ2n) is 3.46. The minimum atomic E-state index is 0.229. The monoisotopic (exact) mass is 260 g/mol. The van der Waals surface area contributed by atoms with E-state index in [1.807, 2.05) is 4.68 Å². The number of aromatic nitrogens is 3. The maximum absolute atomic E-state index is 5.52. The maximum atomic E-state index is 5.52. The van der Waals surface area contributed by atoms with Crippen LogP contribution in [-0.4, -0.2) is 28.0 Å². The Balaban J connectivity index is 2.25. The van der Waals surface area contributed by atoms with E-state index in [4.69, 9.17) is 10.5 Å². The van der Waals surface area contributed by atoms with Crippen LogP contribution in [0.3, 0.4) is 0 Å². The molecule has 1 aromatic heterocycles. The summed E-state index contributed by atoms with van der Waals surface area (Å²) in [5, 5.41) is 4.15. The summed E-state index contributed by atoms with van der Waals surface area (Å²) in [6, 6.07) is 0.263. The van der Waals surface area contributed by atoms with E-state index in [1.54, 1.807) is 7.11 Å². The molecule has 2 unspecified atom stereocenters. The highest BCUT2D eigenvalue weighted by Crippen LogP contribution is 2.33. The predicted octanol–water partition coefficient (Wildman–Crippen LogP) is 1.36. The second-order valence-corrected chi connectivity index (χ2v) is 4.17. The molecular formula is C8H13BrN4O. The van der Waals surface area contributed by atoms with Crippen molar-refractivity contribution in [2.24, 2.45) is 0 Å². The molecule has 0 saturated heterocycles. The number of ether oxygens (including phenoxy) is 1. The highest BCUT2D eigenvalue weighted by Gasteiger charge is 2.30. The van der Waals surface area contributed by atoms with Crippen LogP contribution in [0.2, 0.25) is 0 Å². The number of methoxy groups -OCH3 is 1. The molecule has 5 nitrogen and oxygen atoms in total. The van der Waals surface area contributed by atoms with Crippen molar-refractivity contribution in [3.63, 3.8) is 0 Å². The fraction of sp³-hybridized carbons (Fsp3) is 0.750. The summed E-state index contributed by atoms with van der Waals surface area (Å²) < 4.78 is 7.89. The lowest BCUT2D eigenvalue weighted by Gasteiger charge is -2.18. The van der Waals surface area contributed by atoms with Crippen LogP contribution in [0, 0.1) is 0 Å². The molecule has 78 valence electrons. The summed E-state index contributed by atoms with van der Waals surface area (Å²) >= 11 is 3.34. The minimum Gasteiger partial charge on any atom is -0.379 e. The number of anilines is 1. The first kappa shape index (κ1) is 9.92. The number of nitrogens with two attached hydrogens (primary N) is 1. The van der Waals surface area contributed by atoms with Gasteiger partial charge in [-0.05, 0) is 35.2 Å². The smallest absolute Gasteiger partial charge is 0.240 e. The number of hydrogen-bond acceptors (Lipinski definition) is 4. The van der Waals surface area contributed by atoms with Gasteiger partial charge in [0.2, 0.25) is 5.95 Å². The van der Waals surface area contributed by atoms with Crippen molar-refractivity contribution < 1.29 is 4.74 Å². The second kappa shape index (κ2) is 3.86. The number of rotatable bonds is 2. The van der Waals surface area contributed by atoms with Crippen LogP contribution < -0.4 is 5.73 Å². The predicted molar refractivity (Wildman–Crippen MR) is 55.8 cm³/mol. The standard InChI is InChI=1S/C8H13BrN4O/c1-14-6-4-2-3-5(6)13-7(9)11-8(10)12-13/h5-6H,2-4H2,1H3,(H2,10,12). The van der Waals surface area contributed by atoms with Crippen molar-refractivity contribution in [3.8, 4) is 0 Å². The molecule has 1 saturated carbocycles. The Morgan fingerprint density at radius 3 is 2.93 bits per heavy atom. The number of nitrogen functional groups attached to an aromatic ring is 1. The van der Waals surface area contributed by atoms with Crippen molar-refractivity contribution in [2.45, 2.75) is 31.4 Å². The summed E-state index contributed by atoms with van der Waals surface area (Å²) in [5.41, 5.74) is 5.52. The van der Waals surface area contributed by atoms with Gasteiger partial charge in [-0.3, -0.25) is 0 Å². The SMILES string of the molecule is COC1CCCC1n1nc(N)nc1Br. The normalized spacial score (nSPS) is 27.0. The summed E-state index contributed by atoms with van der Waals surface area (Å²) in [5.74, 6) is 0.304. The Kier molecular flexibility index (Phi) is 2.73. The summed E-state index contributed by atoms with van der Waals surface area (Å²) in [6.45, 7) is 0.